The van der Waals surface area contributed by atoms with Crippen molar-refractivity contribution in [3.05, 3.63) is 91.9 Å². The van der Waals surface area contributed by atoms with E-state index in [1.165, 1.54) is 0 Å². The molecule has 4 N–H and O–H groups in total. The lowest BCUT2D eigenvalue weighted by Gasteiger charge is -2.40. The second-order valence-electron chi connectivity index (χ2n) is 12.1. The molecular formula is C36H40Cl3NO7. The molecule has 252 valence electrons. The van der Waals surface area contributed by atoms with Crippen LogP contribution in [0.3, 0.4) is 0 Å². The molecule has 0 amide bonds. The largest absolute Gasteiger partial charge is 0.479 e. The number of rotatable bonds is 13. The molecule has 0 aromatic heterocycles. The first-order valence-electron chi connectivity index (χ1n) is 15.9. The molecule has 1 aliphatic heterocycles. The number of aliphatic hydroxyl groups is 3. The normalized spacial score (nSPS) is 23.6. The summed E-state index contributed by atoms with van der Waals surface area (Å²) in [5, 5.41) is 43.2. The summed E-state index contributed by atoms with van der Waals surface area (Å²) in [6, 6.07) is 16.9. The van der Waals surface area contributed by atoms with Crippen molar-refractivity contribution in [2.24, 2.45) is 0 Å². The minimum atomic E-state index is -1.83. The lowest BCUT2D eigenvalue weighted by atomic mass is 9.94. The summed E-state index contributed by atoms with van der Waals surface area (Å²) in [5.41, 5.74) is 6.04. The van der Waals surface area contributed by atoms with E-state index in [1.807, 2.05) is 60.7 Å². The number of ether oxygens (including phenoxy) is 2. The molecular weight excluding hydrogens is 665 g/mol. The van der Waals surface area contributed by atoms with Crippen LogP contribution in [0.25, 0.3) is 22.8 Å². The average molecular weight is 705 g/mol. The number of benzene rings is 3. The third kappa shape index (κ3) is 8.05. The van der Waals surface area contributed by atoms with Crippen LogP contribution < -0.4 is 0 Å². The van der Waals surface area contributed by atoms with Gasteiger partial charge in [-0.1, -0.05) is 79.7 Å². The van der Waals surface area contributed by atoms with Gasteiger partial charge in [0.1, 0.15) is 18.3 Å². The predicted molar refractivity (Wildman–Crippen MR) is 185 cm³/mol. The van der Waals surface area contributed by atoms with Crippen LogP contribution in [-0.4, -0.2) is 81.6 Å². The Kier molecular flexibility index (Phi) is 12.0. The molecule has 1 saturated heterocycles. The minimum absolute atomic E-state index is 0.370. The van der Waals surface area contributed by atoms with Crippen LogP contribution in [0.5, 0.6) is 0 Å². The van der Waals surface area contributed by atoms with Gasteiger partial charge in [-0.3, -0.25) is 0 Å². The number of aliphatic carboxylic acids is 1. The summed E-state index contributed by atoms with van der Waals surface area (Å²) in [6.07, 6.45) is -3.54. The molecule has 3 aromatic rings. The zero-order valence-corrected chi connectivity index (χ0v) is 28.5. The van der Waals surface area contributed by atoms with Crippen LogP contribution >= 0.6 is 34.8 Å². The van der Waals surface area contributed by atoms with E-state index in [2.05, 4.69) is 18.7 Å². The number of halogens is 3. The van der Waals surface area contributed by atoms with E-state index in [1.54, 1.807) is 0 Å². The first-order valence-corrected chi connectivity index (χ1v) is 17.1. The lowest BCUT2D eigenvalue weighted by Crippen LogP contribution is -2.60. The van der Waals surface area contributed by atoms with Crippen LogP contribution in [0.2, 0.25) is 15.1 Å². The third-order valence-electron chi connectivity index (χ3n) is 8.68. The Balaban J connectivity index is 1.66. The van der Waals surface area contributed by atoms with Crippen molar-refractivity contribution in [3.8, 4) is 11.1 Å². The van der Waals surface area contributed by atoms with Crippen LogP contribution in [0.4, 0.5) is 0 Å². The van der Waals surface area contributed by atoms with Crippen LogP contribution in [-0.2, 0) is 14.3 Å². The maximum Gasteiger partial charge on any atom is 0.335 e. The van der Waals surface area contributed by atoms with Gasteiger partial charge in [-0.05, 0) is 107 Å². The molecule has 8 nitrogen and oxygen atoms in total. The van der Waals surface area contributed by atoms with Gasteiger partial charge in [0.2, 0.25) is 0 Å². The van der Waals surface area contributed by atoms with Gasteiger partial charge in [-0.2, -0.15) is 0 Å². The highest BCUT2D eigenvalue weighted by Gasteiger charge is 2.48. The van der Waals surface area contributed by atoms with Gasteiger partial charge in [0, 0.05) is 21.6 Å². The second kappa shape index (κ2) is 15.8. The molecule has 0 spiro atoms. The molecule has 47 heavy (non-hydrogen) atoms. The molecule has 0 bridgehead atoms. The van der Waals surface area contributed by atoms with E-state index in [-0.39, 0.29) is 0 Å². The Morgan fingerprint density at radius 3 is 2.13 bits per heavy atom. The van der Waals surface area contributed by atoms with Crippen molar-refractivity contribution in [3.63, 3.8) is 0 Å². The highest BCUT2D eigenvalue weighted by Crippen LogP contribution is 2.50. The summed E-state index contributed by atoms with van der Waals surface area (Å²) in [5.74, 6) is -1.48. The number of aliphatic hydroxyl groups excluding tert-OH is 3. The number of hydrogen-bond acceptors (Lipinski definition) is 7. The topological polar surface area (TPSA) is 120 Å². The Morgan fingerprint density at radius 1 is 0.851 bits per heavy atom. The van der Waals surface area contributed by atoms with E-state index < -0.39 is 42.8 Å². The van der Waals surface area contributed by atoms with E-state index in [4.69, 9.17) is 44.3 Å². The van der Waals surface area contributed by atoms with E-state index in [0.717, 1.165) is 72.2 Å². The quantitative estimate of drug-likeness (QED) is 0.117. The van der Waals surface area contributed by atoms with Crippen molar-refractivity contribution >= 4 is 52.4 Å². The molecule has 1 heterocycles. The Bertz CT molecular complexity index is 1590. The molecule has 3 aromatic carbocycles. The lowest BCUT2D eigenvalue weighted by molar-refractivity contribution is -0.306. The Morgan fingerprint density at radius 2 is 1.49 bits per heavy atom. The molecule has 5 rings (SSSR count). The van der Waals surface area contributed by atoms with Gasteiger partial charge in [0.15, 0.2) is 12.4 Å². The van der Waals surface area contributed by atoms with Gasteiger partial charge in [-0.15, -0.1) is 0 Å². The molecule has 1 aliphatic carbocycles. The summed E-state index contributed by atoms with van der Waals surface area (Å²) in [7, 11) is 0. The third-order valence-corrected chi connectivity index (χ3v) is 9.39. The predicted octanol–water partition coefficient (Wildman–Crippen LogP) is 7.07. The number of fused-ring (bicyclic) bond motifs is 3. The van der Waals surface area contributed by atoms with Crippen molar-refractivity contribution in [2.75, 3.05) is 19.6 Å². The smallest absolute Gasteiger partial charge is 0.335 e. The van der Waals surface area contributed by atoms with Crippen LogP contribution in [0.1, 0.15) is 67.9 Å². The number of hydrogen-bond donors (Lipinski definition) is 4. The van der Waals surface area contributed by atoms with E-state index in [9.17, 15) is 25.2 Å². The second-order valence-corrected chi connectivity index (χ2v) is 13.4. The maximum atomic E-state index is 11.9. The first-order chi connectivity index (χ1) is 22.5. The standard InChI is InChI=1S/C36H40Cl3NO7/c1-3-5-13-40(14-6-4-2)19-29(46-36-33(43)31(41)32(42)34(47-36)35(44)45)28-18-23(39)17-27-25(15-20-7-9-21(37)10-8-20)26-16-22(38)11-12-24(26)30(27)28/h7-12,15-18,29,31-34,36,41-43H,3-6,13-14,19H2,1-2H3,(H,44,45)/t29?,31?,32-,33?,34-,36+/m0/s1. The zero-order chi connectivity index (χ0) is 33.8. The van der Waals surface area contributed by atoms with Crippen molar-refractivity contribution in [1.82, 2.24) is 4.90 Å². The number of unbranched alkanes of at least 4 members (excludes halogenated alkanes) is 2. The molecule has 0 saturated carbocycles. The molecule has 2 aliphatic rings. The SMILES string of the molecule is CCCCN(CCCC)CC(O[C@@H]1O[C@H](C(=O)O)[C@@H](O)C(O)C1O)c1cc(Cl)cc2c1-c1ccc(Cl)cc1C2=Cc1ccc(Cl)cc1. The fourth-order valence-electron chi connectivity index (χ4n) is 6.21. The van der Waals surface area contributed by atoms with Gasteiger partial charge in [0.25, 0.3) is 0 Å². The Hall–Kier alpha value is -2.50. The van der Waals surface area contributed by atoms with E-state index in [0.29, 0.717) is 27.2 Å². The summed E-state index contributed by atoms with van der Waals surface area (Å²) in [4.78, 5) is 14.2. The van der Waals surface area contributed by atoms with E-state index >= 15 is 0 Å². The molecule has 0 radical (unpaired) electrons. The van der Waals surface area contributed by atoms with Gasteiger partial charge < -0.3 is 34.8 Å². The molecule has 11 heteroatoms. The van der Waals surface area contributed by atoms with Crippen molar-refractivity contribution in [2.45, 2.75) is 76.3 Å². The highest BCUT2D eigenvalue weighted by molar-refractivity contribution is 6.32. The summed E-state index contributed by atoms with van der Waals surface area (Å²) in [6.45, 7) is 6.20. The first kappa shape index (κ1) is 35.8. The van der Waals surface area contributed by atoms with Crippen molar-refractivity contribution < 1.29 is 34.7 Å². The molecule has 1 fully saturated rings. The Labute approximate surface area is 290 Å². The maximum absolute atomic E-state index is 11.9. The average Bonchev–Trinajstić information content (AvgIpc) is 3.34. The summed E-state index contributed by atoms with van der Waals surface area (Å²) >= 11 is 19.5. The van der Waals surface area contributed by atoms with Crippen LogP contribution in [0.15, 0.2) is 54.6 Å². The summed E-state index contributed by atoms with van der Waals surface area (Å²) < 4.78 is 12.1. The molecule has 6 atom stereocenters. The zero-order valence-electron chi connectivity index (χ0n) is 26.3. The number of carbonyl (C=O) groups is 1. The van der Waals surface area contributed by atoms with Gasteiger partial charge in [-0.25, -0.2) is 4.79 Å². The fraction of sp³-hybridized carbons (Fsp3) is 0.417. The van der Waals surface area contributed by atoms with Gasteiger partial charge >= 0.3 is 5.97 Å². The number of carboxylic acid groups (broad SMARTS) is 1. The van der Waals surface area contributed by atoms with Crippen molar-refractivity contribution in [1.29, 1.82) is 0 Å². The monoisotopic (exact) mass is 703 g/mol. The number of nitrogens with zero attached hydrogens (tertiary/aromatic N) is 1. The molecule has 3 unspecified atom stereocenters. The number of carboxylic acids is 1. The van der Waals surface area contributed by atoms with Crippen LogP contribution in [0, 0.1) is 0 Å². The fourth-order valence-corrected chi connectivity index (χ4v) is 6.74. The minimum Gasteiger partial charge on any atom is -0.479 e. The van der Waals surface area contributed by atoms with Gasteiger partial charge in [0.05, 0.1) is 6.10 Å². The highest BCUT2D eigenvalue weighted by atomic mass is 35.5.